The predicted octanol–water partition coefficient (Wildman–Crippen LogP) is 4.71. The minimum absolute atomic E-state index is 0.107. The van der Waals surface area contributed by atoms with Crippen molar-refractivity contribution in [3.63, 3.8) is 0 Å². The van der Waals surface area contributed by atoms with Crippen molar-refractivity contribution in [3.8, 4) is 11.1 Å². The molecule has 1 aromatic heterocycles. The molecule has 4 N–H and O–H groups in total. The minimum Gasteiger partial charge on any atom is -0.394 e. The molecule has 0 aliphatic carbocycles. The van der Waals surface area contributed by atoms with Crippen molar-refractivity contribution in [1.82, 2.24) is 10.3 Å². The first-order valence-corrected chi connectivity index (χ1v) is 11.3. The van der Waals surface area contributed by atoms with Gasteiger partial charge in [-0.05, 0) is 53.6 Å². The van der Waals surface area contributed by atoms with Gasteiger partial charge in [-0.2, -0.15) is 13.2 Å². The molecular formula is C26H26F3N3O3. The van der Waals surface area contributed by atoms with Crippen LogP contribution in [0.5, 0.6) is 0 Å². The predicted molar refractivity (Wildman–Crippen MR) is 126 cm³/mol. The highest BCUT2D eigenvalue weighted by molar-refractivity contribution is 5.97. The number of anilines is 1. The highest BCUT2D eigenvalue weighted by Gasteiger charge is 2.36. The van der Waals surface area contributed by atoms with E-state index in [1.54, 1.807) is 42.6 Å². The van der Waals surface area contributed by atoms with Crippen molar-refractivity contribution in [2.24, 2.45) is 0 Å². The molecule has 2 aromatic carbocycles. The van der Waals surface area contributed by atoms with E-state index in [4.69, 9.17) is 10.5 Å². The van der Waals surface area contributed by atoms with Crippen molar-refractivity contribution in [3.05, 3.63) is 83.0 Å². The highest BCUT2D eigenvalue weighted by Crippen LogP contribution is 2.38. The van der Waals surface area contributed by atoms with E-state index in [2.05, 4.69) is 10.3 Å². The van der Waals surface area contributed by atoms with Gasteiger partial charge in [0.2, 0.25) is 0 Å². The Bertz CT molecular complexity index is 1180. The highest BCUT2D eigenvalue weighted by atomic mass is 19.4. The monoisotopic (exact) mass is 485 g/mol. The molecule has 0 saturated carbocycles. The quantitative estimate of drug-likeness (QED) is 0.470. The number of aromatic nitrogens is 1. The Morgan fingerprint density at radius 1 is 1.14 bits per heavy atom. The Kier molecular flexibility index (Phi) is 7.37. The van der Waals surface area contributed by atoms with E-state index in [1.807, 2.05) is 0 Å². The summed E-state index contributed by atoms with van der Waals surface area (Å²) in [5.74, 6) is -0.638. The van der Waals surface area contributed by atoms with Crippen LogP contribution in [0, 0.1) is 0 Å². The third-order valence-electron chi connectivity index (χ3n) is 6.20. The van der Waals surface area contributed by atoms with E-state index in [0.717, 1.165) is 30.5 Å². The summed E-state index contributed by atoms with van der Waals surface area (Å²) in [6, 6.07) is 13.0. The SMILES string of the molecule is Nc1ncc(C2CCOCC2)cc1-c1ccc(C(=O)NC(CO)c2ccccc2)c(C(F)(F)F)c1. The Morgan fingerprint density at radius 3 is 2.51 bits per heavy atom. The molecule has 1 unspecified atom stereocenters. The van der Waals surface area contributed by atoms with Crippen LogP contribution in [-0.2, 0) is 10.9 Å². The van der Waals surface area contributed by atoms with E-state index in [1.165, 1.54) is 6.07 Å². The maximum absolute atomic E-state index is 14.0. The van der Waals surface area contributed by atoms with Crippen LogP contribution >= 0.6 is 0 Å². The molecule has 0 bridgehead atoms. The van der Waals surface area contributed by atoms with Crippen LogP contribution in [0.25, 0.3) is 11.1 Å². The Balaban J connectivity index is 1.68. The van der Waals surface area contributed by atoms with Gasteiger partial charge in [0.25, 0.3) is 5.91 Å². The molecule has 0 spiro atoms. The number of aliphatic hydroxyl groups excluding tert-OH is 1. The number of hydrogen-bond acceptors (Lipinski definition) is 5. The number of pyridine rings is 1. The summed E-state index contributed by atoms with van der Waals surface area (Å²) < 4.78 is 47.5. The van der Waals surface area contributed by atoms with Crippen LogP contribution in [0.2, 0.25) is 0 Å². The molecule has 1 atom stereocenters. The van der Waals surface area contributed by atoms with Gasteiger partial charge < -0.3 is 20.9 Å². The molecule has 1 saturated heterocycles. The number of ether oxygens (including phenoxy) is 1. The first-order chi connectivity index (χ1) is 16.8. The maximum atomic E-state index is 14.0. The lowest BCUT2D eigenvalue weighted by atomic mass is 9.90. The van der Waals surface area contributed by atoms with Crippen molar-refractivity contribution >= 4 is 11.7 Å². The third kappa shape index (κ3) is 5.63. The molecule has 1 aliphatic heterocycles. The zero-order valence-electron chi connectivity index (χ0n) is 18.9. The van der Waals surface area contributed by atoms with Crippen molar-refractivity contribution in [1.29, 1.82) is 0 Å². The van der Waals surface area contributed by atoms with Crippen LogP contribution in [0.15, 0.2) is 60.8 Å². The van der Waals surface area contributed by atoms with Gasteiger partial charge in [0.1, 0.15) is 5.82 Å². The number of nitrogens with two attached hydrogens (primary N) is 1. The summed E-state index contributed by atoms with van der Waals surface area (Å²) in [4.78, 5) is 17.1. The first-order valence-electron chi connectivity index (χ1n) is 11.3. The van der Waals surface area contributed by atoms with Gasteiger partial charge in [-0.1, -0.05) is 36.4 Å². The number of alkyl halides is 3. The van der Waals surface area contributed by atoms with Crippen LogP contribution in [0.1, 0.15) is 51.8 Å². The molecule has 1 fully saturated rings. The summed E-state index contributed by atoms with van der Waals surface area (Å²) in [6.07, 6.45) is -1.54. The Labute approximate surface area is 200 Å². The van der Waals surface area contributed by atoms with E-state index in [-0.39, 0.29) is 17.3 Å². The zero-order chi connectivity index (χ0) is 25.0. The number of halogens is 3. The summed E-state index contributed by atoms with van der Waals surface area (Å²) in [6.45, 7) is 0.769. The summed E-state index contributed by atoms with van der Waals surface area (Å²) in [5.41, 5.74) is 6.47. The molecule has 1 amide bonds. The number of rotatable bonds is 6. The van der Waals surface area contributed by atoms with Gasteiger partial charge in [0.15, 0.2) is 0 Å². The van der Waals surface area contributed by atoms with Gasteiger partial charge >= 0.3 is 6.18 Å². The smallest absolute Gasteiger partial charge is 0.394 e. The zero-order valence-corrected chi connectivity index (χ0v) is 18.9. The molecule has 35 heavy (non-hydrogen) atoms. The molecule has 1 aliphatic rings. The van der Waals surface area contributed by atoms with Gasteiger partial charge in [-0.15, -0.1) is 0 Å². The second kappa shape index (κ2) is 10.5. The number of nitrogen functional groups attached to an aromatic ring is 1. The van der Waals surface area contributed by atoms with Crippen molar-refractivity contribution in [2.75, 3.05) is 25.6 Å². The van der Waals surface area contributed by atoms with E-state index in [0.29, 0.717) is 24.3 Å². The molecule has 0 radical (unpaired) electrons. The first kappa shape index (κ1) is 24.7. The molecule has 4 rings (SSSR count). The van der Waals surface area contributed by atoms with Gasteiger partial charge in [0.05, 0.1) is 23.8 Å². The van der Waals surface area contributed by atoms with Gasteiger partial charge in [-0.3, -0.25) is 4.79 Å². The number of carbonyl (C=O) groups is 1. The normalized spacial score (nSPS) is 15.5. The number of hydrogen-bond donors (Lipinski definition) is 3. The summed E-state index contributed by atoms with van der Waals surface area (Å²) >= 11 is 0. The lowest BCUT2D eigenvalue weighted by Crippen LogP contribution is -2.32. The fourth-order valence-electron chi connectivity index (χ4n) is 4.28. The van der Waals surface area contributed by atoms with E-state index < -0.39 is 35.9 Å². The fourth-order valence-corrected chi connectivity index (χ4v) is 4.28. The van der Waals surface area contributed by atoms with E-state index in [9.17, 15) is 23.1 Å². The largest absolute Gasteiger partial charge is 0.417 e. The number of amides is 1. The van der Waals surface area contributed by atoms with Crippen LogP contribution < -0.4 is 11.1 Å². The molecule has 184 valence electrons. The van der Waals surface area contributed by atoms with Crippen molar-refractivity contribution < 1.29 is 27.8 Å². The minimum atomic E-state index is -4.79. The number of benzene rings is 2. The second-order valence-corrected chi connectivity index (χ2v) is 8.47. The summed E-state index contributed by atoms with van der Waals surface area (Å²) in [5, 5.41) is 12.2. The molecule has 9 heteroatoms. The summed E-state index contributed by atoms with van der Waals surface area (Å²) in [7, 11) is 0. The van der Waals surface area contributed by atoms with Gasteiger partial charge in [-0.25, -0.2) is 4.98 Å². The van der Waals surface area contributed by atoms with Crippen LogP contribution in [0.4, 0.5) is 19.0 Å². The number of aliphatic hydroxyl groups is 1. The Morgan fingerprint density at radius 2 is 1.86 bits per heavy atom. The molecular weight excluding hydrogens is 459 g/mol. The fraction of sp³-hybridized carbons (Fsp3) is 0.308. The Hall–Kier alpha value is -3.43. The molecule has 2 heterocycles. The molecule has 3 aromatic rings. The topological polar surface area (TPSA) is 97.5 Å². The second-order valence-electron chi connectivity index (χ2n) is 8.47. The lowest BCUT2D eigenvalue weighted by molar-refractivity contribution is -0.137. The van der Waals surface area contributed by atoms with Crippen LogP contribution in [-0.4, -0.2) is 35.8 Å². The standard InChI is InChI=1S/C26H26F3N3O3/c27-26(28,29)22-13-18(21-12-19(14-31-24(21)30)16-8-10-35-11-9-16)6-7-20(22)25(34)32-23(15-33)17-4-2-1-3-5-17/h1-7,12-14,16,23,33H,8-11,15H2,(H2,30,31)(H,32,34). The van der Waals surface area contributed by atoms with Crippen molar-refractivity contribution in [2.45, 2.75) is 31.0 Å². The maximum Gasteiger partial charge on any atom is 0.417 e. The van der Waals surface area contributed by atoms with Gasteiger partial charge in [0, 0.05) is 25.0 Å². The van der Waals surface area contributed by atoms with Crippen LogP contribution in [0.3, 0.4) is 0 Å². The number of nitrogens with one attached hydrogen (secondary N) is 1. The number of carbonyl (C=O) groups excluding carboxylic acids is 1. The molecule has 6 nitrogen and oxygen atoms in total. The average molecular weight is 486 g/mol. The third-order valence-corrected chi connectivity index (χ3v) is 6.20. The van der Waals surface area contributed by atoms with E-state index >= 15 is 0 Å². The average Bonchev–Trinajstić information content (AvgIpc) is 2.87. The lowest BCUT2D eigenvalue weighted by Gasteiger charge is -2.23. The number of nitrogens with zero attached hydrogens (tertiary/aromatic N) is 1.